The van der Waals surface area contributed by atoms with Gasteiger partial charge < -0.3 is 10.4 Å². The summed E-state index contributed by atoms with van der Waals surface area (Å²) in [5.41, 5.74) is 0.254. The number of hydrogen-bond donors (Lipinski definition) is 2. The van der Waals surface area contributed by atoms with E-state index in [2.05, 4.69) is 5.32 Å². The van der Waals surface area contributed by atoms with Crippen molar-refractivity contribution in [2.75, 3.05) is 13.2 Å². The predicted octanol–water partition coefficient (Wildman–Crippen LogP) is 1.46. The number of nitrogens with one attached hydrogen (secondary N) is 1. The summed E-state index contributed by atoms with van der Waals surface area (Å²) in [6.45, 7) is 1.03. The number of hydrogen-bond acceptors (Lipinski definition) is 2. The van der Waals surface area contributed by atoms with Gasteiger partial charge in [0.25, 0.3) is 0 Å². The van der Waals surface area contributed by atoms with E-state index in [0.29, 0.717) is 5.92 Å². The molecule has 3 heteroatoms. The predicted molar refractivity (Wildman–Crippen MR) is 58.3 cm³/mol. The van der Waals surface area contributed by atoms with Crippen molar-refractivity contribution in [2.24, 2.45) is 11.3 Å². The smallest absolute Gasteiger partial charge is 0.220 e. The minimum Gasteiger partial charge on any atom is -0.396 e. The number of carbonyl (C=O) groups is 1. The van der Waals surface area contributed by atoms with Crippen molar-refractivity contribution < 1.29 is 9.90 Å². The van der Waals surface area contributed by atoms with Crippen LogP contribution in [-0.4, -0.2) is 24.2 Å². The maximum absolute atomic E-state index is 11.6. The first kappa shape index (κ1) is 10.9. The molecule has 0 aromatic rings. The van der Waals surface area contributed by atoms with Crippen LogP contribution >= 0.6 is 0 Å². The van der Waals surface area contributed by atoms with Gasteiger partial charge >= 0.3 is 0 Å². The van der Waals surface area contributed by atoms with E-state index >= 15 is 0 Å². The minimum atomic E-state index is 0.212. The molecule has 0 bridgehead atoms. The molecular weight excluding hydrogens is 190 g/mol. The topological polar surface area (TPSA) is 49.3 Å². The molecule has 0 unspecified atom stereocenters. The van der Waals surface area contributed by atoms with E-state index in [1.807, 2.05) is 0 Å². The minimum absolute atomic E-state index is 0.212. The van der Waals surface area contributed by atoms with Gasteiger partial charge in [-0.1, -0.05) is 6.42 Å². The Labute approximate surface area is 91.2 Å². The molecule has 0 aromatic heterocycles. The van der Waals surface area contributed by atoms with E-state index in [-0.39, 0.29) is 17.9 Å². The van der Waals surface area contributed by atoms with Gasteiger partial charge in [0.05, 0.1) is 0 Å². The molecule has 15 heavy (non-hydrogen) atoms. The molecule has 1 amide bonds. The monoisotopic (exact) mass is 211 g/mol. The average Bonchev–Trinajstić information content (AvgIpc) is 2.90. The molecule has 2 aliphatic carbocycles. The normalized spacial score (nSPS) is 23.3. The molecule has 0 aromatic carbocycles. The van der Waals surface area contributed by atoms with E-state index < -0.39 is 0 Å². The van der Waals surface area contributed by atoms with Gasteiger partial charge in [0.15, 0.2) is 0 Å². The lowest BCUT2D eigenvalue weighted by Gasteiger charge is -2.25. The van der Waals surface area contributed by atoms with Gasteiger partial charge in [-0.05, 0) is 43.4 Å². The molecule has 0 aliphatic heterocycles. The Balaban J connectivity index is 1.62. The molecule has 86 valence electrons. The highest BCUT2D eigenvalue weighted by molar-refractivity contribution is 5.76. The first-order chi connectivity index (χ1) is 7.24. The third-order valence-corrected chi connectivity index (χ3v) is 3.96. The first-order valence-corrected chi connectivity index (χ1v) is 6.12. The molecule has 0 atom stereocenters. The number of carbonyl (C=O) groups excluding carboxylic acids is 1. The summed E-state index contributed by atoms with van der Waals surface area (Å²) in [7, 11) is 0. The van der Waals surface area contributed by atoms with Crippen molar-refractivity contribution in [3.05, 3.63) is 0 Å². The van der Waals surface area contributed by atoms with Gasteiger partial charge in [-0.3, -0.25) is 4.79 Å². The summed E-state index contributed by atoms with van der Waals surface area (Å²) in [6.07, 6.45) is 7.65. The molecule has 0 radical (unpaired) electrons. The van der Waals surface area contributed by atoms with Gasteiger partial charge in [-0.2, -0.15) is 0 Å². The largest absolute Gasteiger partial charge is 0.396 e. The van der Waals surface area contributed by atoms with Crippen molar-refractivity contribution in [3.63, 3.8) is 0 Å². The Hall–Kier alpha value is -0.570. The lowest BCUT2D eigenvalue weighted by molar-refractivity contribution is -0.122. The van der Waals surface area contributed by atoms with E-state index in [0.717, 1.165) is 32.2 Å². The quantitative estimate of drug-likeness (QED) is 0.698. The summed E-state index contributed by atoms with van der Waals surface area (Å²) >= 11 is 0. The zero-order chi connectivity index (χ0) is 10.7. The van der Waals surface area contributed by atoms with E-state index in [1.54, 1.807) is 0 Å². The SMILES string of the molecule is O=C(CC1CCC1)NCC1(CCO)CC1. The maximum atomic E-state index is 11.6. The van der Waals surface area contributed by atoms with E-state index in [9.17, 15) is 4.79 Å². The van der Waals surface area contributed by atoms with Crippen LogP contribution in [0, 0.1) is 11.3 Å². The van der Waals surface area contributed by atoms with Crippen LogP contribution in [0.4, 0.5) is 0 Å². The maximum Gasteiger partial charge on any atom is 0.220 e. The molecular formula is C12H21NO2. The summed E-state index contributed by atoms with van der Waals surface area (Å²) in [5.74, 6) is 0.863. The van der Waals surface area contributed by atoms with E-state index in [4.69, 9.17) is 5.11 Å². The van der Waals surface area contributed by atoms with Crippen LogP contribution in [0.25, 0.3) is 0 Å². The lowest BCUT2D eigenvalue weighted by Crippen LogP contribution is -2.32. The van der Waals surface area contributed by atoms with Crippen LogP contribution in [0.1, 0.15) is 44.9 Å². The molecule has 2 fully saturated rings. The van der Waals surface area contributed by atoms with Crippen molar-refractivity contribution in [1.29, 1.82) is 0 Å². The Kier molecular flexibility index (Phi) is 3.29. The zero-order valence-electron chi connectivity index (χ0n) is 9.30. The summed E-state index contributed by atoms with van der Waals surface area (Å²) in [4.78, 5) is 11.6. The number of aliphatic hydroxyl groups is 1. The van der Waals surface area contributed by atoms with Crippen molar-refractivity contribution in [3.8, 4) is 0 Å². The molecule has 0 heterocycles. The first-order valence-electron chi connectivity index (χ1n) is 6.12. The lowest BCUT2D eigenvalue weighted by atomic mass is 9.83. The molecule has 2 N–H and O–H groups in total. The van der Waals surface area contributed by atoms with E-state index in [1.165, 1.54) is 19.3 Å². The summed E-state index contributed by atoms with van der Waals surface area (Å²) in [6, 6.07) is 0. The molecule has 2 rings (SSSR count). The molecule has 2 aliphatic rings. The fourth-order valence-corrected chi connectivity index (χ4v) is 2.25. The van der Waals surface area contributed by atoms with Crippen molar-refractivity contribution in [1.82, 2.24) is 5.32 Å². The molecule has 0 saturated heterocycles. The third-order valence-electron chi connectivity index (χ3n) is 3.96. The van der Waals surface area contributed by atoms with Crippen molar-refractivity contribution >= 4 is 5.91 Å². The number of amides is 1. The van der Waals surface area contributed by atoms with Crippen LogP contribution in [0.3, 0.4) is 0 Å². The van der Waals surface area contributed by atoms with Crippen LogP contribution in [0.2, 0.25) is 0 Å². The van der Waals surface area contributed by atoms with Crippen LogP contribution < -0.4 is 5.32 Å². The molecule has 3 nitrogen and oxygen atoms in total. The van der Waals surface area contributed by atoms with Gasteiger partial charge in [0.1, 0.15) is 0 Å². The third kappa shape index (κ3) is 2.94. The van der Waals surface area contributed by atoms with Crippen LogP contribution in [0.15, 0.2) is 0 Å². The van der Waals surface area contributed by atoms with Gasteiger partial charge in [-0.25, -0.2) is 0 Å². The molecule has 2 saturated carbocycles. The van der Waals surface area contributed by atoms with Crippen LogP contribution in [-0.2, 0) is 4.79 Å². The Bertz CT molecular complexity index is 232. The second-order valence-electron chi connectivity index (χ2n) is 5.25. The molecule has 0 spiro atoms. The highest BCUT2D eigenvalue weighted by atomic mass is 16.3. The van der Waals surface area contributed by atoms with Gasteiger partial charge in [0.2, 0.25) is 5.91 Å². The highest BCUT2D eigenvalue weighted by Gasteiger charge is 2.41. The summed E-state index contributed by atoms with van der Waals surface area (Å²) in [5, 5.41) is 11.9. The fourth-order valence-electron chi connectivity index (χ4n) is 2.25. The highest BCUT2D eigenvalue weighted by Crippen LogP contribution is 2.47. The number of aliphatic hydroxyl groups excluding tert-OH is 1. The zero-order valence-corrected chi connectivity index (χ0v) is 9.30. The fraction of sp³-hybridized carbons (Fsp3) is 0.917. The second-order valence-corrected chi connectivity index (χ2v) is 5.25. The Morgan fingerprint density at radius 1 is 1.40 bits per heavy atom. The summed E-state index contributed by atoms with van der Waals surface area (Å²) < 4.78 is 0. The van der Waals surface area contributed by atoms with Gasteiger partial charge in [0, 0.05) is 19.6 Å². The van der Waals surface area contributed by atoms with Gasteiger partial charge in [-0.15, -0.1) is 0 Å². The second kappa shape index (κ2) is 4.52. The average molecular weight is 211 g/mol. The van der Waals surface area contributed by atoms with Crippen molar-refractivity contribution in [2.45, 2.75) is 44.9 Å². The number of rotatable bonds is 6. The Morgan fingerprint density at radius 2 is 2.13 bits per heavy atom. The standard InChI is InChI=1S/C12H21NO2/c14-7-6-12(4-5-12)9-13-11(15)8-10-2-1-3-10/h10,14H,1-9H2,(H,13,15). The Morgan fingerprint density at radius 3 is 2.60 bits per heavy atom. The van der Waals surface area contributed by atoms with Crippen LogP contribution in [0.5, 0.6) is 0 Å².